The largest absolute Gasteiger partial charge is 0.435 e. The lowest BCUT2D eigenvalue weighted by Gasteiger charge is -2.20. The minimum absolute atomic E-state index is 0.0529. The van der Waals surface area contributed by atoms with Crippen LogP contribution in [-0.2, 0) is 11.3 Å². The van der Waals surface area contributed by atoms with E-state index in [0.29, 0.717) is 6.54 Å². The number of benzene rings is 1. The first kappa shape index (κ1) is 15.7. The van der Waals surface area contributed by atoms with Crippen molar-refractivity contribution in [1.82, 2.24) is 4.90 Å². The second-order valence-corrected chi connectivity index (χ2v) is 4.58. The zero-order valence-corrected chi connectivity index (χ0v) is 11.5. The van der Waals surface area contributed by atoms with E-state index in [1.165, 1.54) is 12.1 Å². The van der Waals surface area contributed by atoms with Crippen molar-refractivity contribution in [2.24, 2.45) is 5.92 Å². The third-order valence-electron chi connectivity index (χ3n) is 2.60. The van der Waals surface area contributed by atoms with E-state index < -0.39 is 6.61 Å². The maximum Gasteiger partial charge on any atom is 0.387 e. The molecule has 1 aromatic carbocycles. The predicted octanol–water partition coefficient (Wildman–Crippen LogP) is 3.12. The van der Waals surface area contributed by atoms with Crippen molar-refractivity contribution in [2.45, 2.75) is 20.1 Å². The van der Waals surface area contributed by atoms with Crippen LogP contribution in [-0.4, -0.2) is 30.3 Å². The number of rotatable bonds is 6. The molecule has 0 bridgehead atoms. The molecule has 0 aliphatic carbocycles. The summed E-state index contributed by atoms with van der Waals surface area (Å²) in [4.78, 5) is 13.4. The van der Waals surface area contributed by atoms with Crippen molar-refractivity contribution in [1.29, 1.82) is 0 Å². The third-order valence-corrected chi connectivity index (χ3v) is 3.06. The van der Waals surface area contributed by atoms with Gasteiger partial charge in [0.2, 0.25) is 5.91 Å². The molecule has 1 aromatic rings. The average Bonchev–Trinajstić information content (AvgIpc) is 2.38. The molecule has 1 unspecified atom stereocenters. The summed E-state index contributed by atoms with van der Waals surface area (Å²) in [6.45, 7) is -0.680. The Hall–Kier alpha value is -1.36. The molecule has 0 aromatic heterocycles. The van der Waals surface area contributed by atoms with Gasteiger partial charge in [-0.05, 0) is 17.7 Å². The Morgan fingerprint density at radius 2 is 1.95 bits per heavy atom. The minimum atomic E-state index is -2.83. The standard InChI is InChI=1S/C13H16ClF2NO2/c1-9(7-14)12(18)17(2)8-10-3-5-11(6-4-10)19-13(15)16/h3-6,9,13H,7-8H2,1-2H3. The number of halogens is 3. The molecule has 0 fully saturated rings. The van der Waals surface area contributed by atoms with Crippen molar-refractivity contribution in [3.8, 4) is 5.75 Å². The van der Waals surface area contributed by atoms with Crippen LogP contribution in [0.4, 0.5) is 8.78 Å². The second kappa shape index (κ2) is 7.28. The second-order valence-electron chi connectivity index (χ2n) is 4.27. The molecular formula is C13H16ClF2NO2. The number of ether oxygens (including phenoxy) is 1. The molecule has 1 rings (SSSR count). The van der Waals surface area contributed by atoms with Crippen molar-refractivity contribution < 1.29 is 18.3 Å². The summed E-state index contributed by atoms with van der Waals surface area (Å²) in [5.74, 6) is 0.0718. The van der Waals surface area contributed by atoms with Gasteiger partial charge in [-0.3, -0.25) is 4.79 Å². The molecule has 0 saturated heterocycles. The summed E-state index contributed by atoms with van der Waals surface area (Å²) < 4.78 is 28.2. The van der Waals surface area contributed by atoms with Crippen LogP contribution in [0.3, 0.4) is 0 Å². The maximum absolute atomic E-state index is 12.0. The molecule has 0 radical (unpaired) electrons. The van der Waals surface area contributed by atoms with Crippen LogP contribution in [0.5, 0.6) is 5.75 Å². The summed E-state index contributed by atoms with van der Waals surface area (Å²) in [6.07, 6.45) is 0. The van der Waals surface area contributed by atoms with E-state index in [2.05, 4.69) is 4.74 Å². The number of hydrogen-bond donors (Lipinski definition) is 0. The van der Waals surface area contributed by atoms with Crippen LogP contribution < -0.4 is 4.74 Å². The molecule has 0 saturated carbocycles. The van der Waals surface area contributed by atoms with Crippen LogP contribution in [0.1, 0.15) is 12.5 Å². The Morgan fingerprint density at radius 3 is 2.42 bits per heavy atom. The Bertz CT molecular complexity index is 412. The highest BCUT2D eigenvalue weighted by Crippen LogP contribution is 2.16. The van der Waals surface area contributed by atoms with Crippen molar-refractivity contribution >= 4 is 17.5 Å². The number of carbonyl (C=O) groups excluding carboxylic acids is 1. The van der Waals surface area contributed by atoms with E-state index in [0.717, 1.165) is 5.56 Å². The first-order valence-corrected chi connectivity index (χ1v) is 6.32. The topological polar surface area (TPSA) is 29.5 Å². The summed E-state index contributed by atoms with van der Waals surface area (Å²) >= 11 is 5.63. The van der Waals surface area contributed by atoms with Gasteiger partial charge >= 0.3 is 6.61 Å². The Kier molecular flexibility index (Phi) is 6.02. The molecule has 0 aliphatic rings. The molecule has 1 atom stereocenters. The third kappa shape index (κ3) is 5.03. The van der Waals surface area contributed by atoms with E-state index in [1.54, 1.807) is 31.0 Å². The first-order valence-electron chi connectivity index (χ1n) is 5.78. The zero-order chi connectivity index (χ0) is 14.4. The van der Waals surface area contributed by atoms with E-state index in [4.69, 9.17) is 11.6 Å². The minimum Gasteiger partial charge on any atom is -0.435 e. The fourth-order valence-corrected chi connectivity index (χ4v) is 1.70. The summed E-state index contributed by atoms with van der Waals surface area (Å²) in [5.41, 5.74) is 0.833. The lowest BCUT2D eigenvalue weighted by atomic mass is 10.1. The first-order chi connectivity index (χ1) is 8.93. The molecular weight excluding hydrogens is 276 g/mol. The fourth-order valence-electron chi connectivity index (χ4n) is 1.57. The maximum atomic E-state index is 12.0. The number of amides is 1. The summed E-state index contributed by atoms with van der Waals surface area (Å²) in [7, 11) is 1.68. The highest BCUT2D eigenvalue weighted by atomic mass is 35.5. The van der Waals surface area contributed by atoms with Crippen LogP contribution in [0.2, 0.25) is 0 Å². The van der Waals surface area contributed by atoms with Crippen molar-refractivity contribution in [3.63, 3.8) is 0 Å². The van der Waals surface area contributed by atoms with Gasteiger partial charge in [-0.2, -0.15) is 8.78 Å². The highest BCUT2D eigenvalue weighted by Gasteiger charge is 2.16. The van der Waals surface area contributed by atoms with Crippen molar-refractivity contribution in [3.05, 3.63) is 29.8 Å². The molecule has 6 heteroatoms. The molecule has 0 heterocycles. The summed E-state index contributed by atoms with van der Waals surface area (Å²) in [5, 5.41) is 0. The van der Waals surface area contributed by atoms with Gasteiger partial charge in [-0.1, -0.05) is 19.1 Å². The van der Waals surface area contributed by atoms with Crippen molar-refractivity contribution in [2.75, 3.05) is 12.9 Å². The summed E-state index contributed by atoms with van der Waals surface area (Å²) in [6, 6.07) is 6.19. The lowest BCUT2D eigenvalue weighted by Crippen LogP contribution is -2.31. The number of nitrogens with zero attached hydrogens (tertiary/aromatic N) is 1. The van der Waals surface area contributed by atoms with Gasteiger partial charge in [0.05, 0.1) is 0 Å². The van der Waals surface area contributed by atoms with Gasteiger partial charge in [-0.15, -0.1) is 11.6 Å². The molecule has 0 aliphatic heterocycles. The number of alkyl halides is 3. The van der Waals surface area contributed by atoms with E-state index in [1.807, 2.05) is 0 Å². The molecule has 0 spiro atoms. The monoisotopic (exact) mass is 291 g/mol. The number of carbonyl (C=O) groups is 1. The lowest BCUT2D eigenvalue weighted by molar-refractivity contribution is -0.133. The Balaban J connectivity index is 2.60. The zero-order valence-electron chi connectivity index (χ0n) is 10.8. The Morgan fingerprint density at radius 1 is 1.37 bits per heavy atom. The van der Waals surface area contributed by atoms with Crippen LogP contribution in [0, 0.1) is 5.92 Å². The van der Waals surface area contributed by atoms with Gasteiger partial charge in [0.15, 0.2) is 0 Å². The molecule has 1 amide bonds. The molecule has 106 valence electrons. The van der Waals surface area contributed by atoms with Crippen LogP contribution in [0.15, 0.2) is 24.3 Å². The van der Waals surface area contributed by atoms with Gasteiger partial charge in [0.1, 0.15) is 5.75 Å². The van der Waals surface area contributed by atoms with Crippen LogP contribution >= 0.6 is 11.6 Å². The van der Waals surface area contributed by atoms with Gasteiger partial charge < -0.3 is 9.64 Å². The molecule has 0 N–H and O–H groups in total. The quantitative estimate of drug-likeness (QED) is 0.754. The van der Waals surface area contributed by atoms with E-state index >= 15 is 0 Å². The van der Waals surface area contributed by atoms with Gasteiger partial charge in [0.25, 0.3) is 0 Å². The van der Waals surface area contributed by atoms with Gasteiger partial charge in [0, 0.05) is 25.4 Å². The van der Waals surface area contributed by atoms with E-state index in [-0.39, 0.29) is 23.5 Å². The predicted molar refractivity (Wildman–Crippen MR) is 69.4 cm³/mol. The average molecular weight is 292 g/mol. The SMILES string of the molecule is CC(CCl)C(=O)N(C)Cc1ccc(OC(F)F)cc1. The van der Waals surface area contributed by atoms with E-state index in [9.17, 15) is 13.6 Å². The number of hydrogen-bond acceptors (Lipinski definition) is 2. The smallest absolute Gasteiger partial charge is 0.387 e. The molecule has 19 heavy (non-hydrogen) atoms. The highest BCUT2D eigenvalue weighted by molar-refractivity contribution is 6.19. The fraction of sp³-hybridized carbons (Fsp3) is 0.462. The molecule has 3 nitrogen and oxygen atoms in total. The normalized spacial score (nSPS) is 12.3. The van der Waals surface area contributed by atoms with Crippen LogP contribution in [0.25, 0.3) is 0 Å². The Labute approximate surface area is 116 Å². The van der Waals surface area contributed by atoms with Gasteiger partial charge in [-0.25, -0.2) is 0 Å².